The molecule has 1 unspecified atom stereocenters. The molecule has 0 amide bonds. The number of nitrogens with two attached hydrogens (primary N) is 1. The van der Waals surface area contributed by atoms with Crippen molar-refractivity contribution in [1.82, 2.24) is 4.90 Å². The maximum absolute atomic E-state index is 5.95. The summed E-state index contributed by atoms with van der Waals surface area (Å²) in [5.74, 6) is 1.21. The zero-order chi connectivity index (χ0) is 13.1. The molecule has 1 atom stereocenters. The number of rotatable bonds is 5. The van der Waals surface area contributed by atoms with Crippen LogP contribution < -0.4 is 5.73 Å². The van der Waals surface area contributed by atoms with Crippen molar-refractivity contribution in [2.24, 2.45) is 5.73 Å². The van der Waals surface area contributed by atoms with Crippen LogP contribution in [0.1, 0.15) is 34.1 Å². The quantitative estimate of drug-likeness (QED) is 0.820. The average molecular weight is 260 g/mol. The number of hydrogen-bond acceptors (Lipinski definition) is 4. The van der Waals surface area contributed by atoms with Crippen LogP contribution in [0.25, 0.3) is 0 Å². The molecule has 0 aromatic heterocycles. The number of methoxy groups -OCH3 is 1. The second kappa shape index (κ2) is 5.91. The minimum Gasteiger partial charge on any atom is -0.379 e. The summed E-state index contributed by atoms with van der Waals surface area (Å²) in [4.78, 5) is 2.54. The van der Waals surface area contributed by atoms with Crippen molar-refractivity contribution in [3.05, 3.63) is 0 Å². The van der Waals surface area contributed by atoms with E-state index in [1.807, 2.05) is 0 Å². The van der Waals surface area contributed by atoms with E-state index in [1.54, 1.807) is 7.11 Å². The summed E-state index contributed by atoms with van der Waals surface area (Å²) >= 11 is 2.06. The second-order valence-corrected chi connectivity index (χ2v) is 7.94. The van der Waals surface area contributed by atoms with E-state index in [0.29, 0.717) is 17.3 Å². The highest BCUT2D eigenvalue weighted by molar-refractivity contribution is 8.00. The van der Waals surface area contributed by atoms with Gasteiger partial charge >= 0.3 is 0 Å². The molecule has 0 radical (unpaired) electrons. The van der Waals surface area contributed by atoms with Gasteiger partial charge in [0, 0.05) is 43.3 Å². The Kier molecular flexibility index (Phi) is 5.32. The van der Waals surface area contributed by atoms with Gasteiger partial charge in [-0.15, -0.1) is 0 Å². The first-order chi connectivity index (χ1) is 7.79. The molecule has 3 nitrogen and oxygen atoms in total. The lowest BCUT2D eigenvalue weighted by molar-refractivity contribution is -0.00820. The average Bonchev–Trinajstić information content (AvgIpc) is 2.24. The molecule has 4 heteroatoms. The Morgan fingerprint density at radius 2 is 2.12 bits per heavy atom. The summed E-state index contributed by atoms with van der Waals surface area (Å²) in [6.07, 6.45) is 1.00. The lowest BCUT2D eigenvalue weighted by Crippen LogP contribution is -2.52. The lowest BCUT2D eigenvalue weighted by Gasteiger charge is -2.43. The van der Waals surface area contributed by atoms with Gasteiger partial charge in [0.15, 0.2) is 0 Å². The third kappa shape index (κ3) is 4.78. The van der Waals surface area contributed by atoms with Crippen LogP contribution in [-0.4, -0.2) is 53.8 Å². The molecule has 0 aromatic carbocycles. The van der Waals surface area contributed by atoms with Gasteiger partial charge in [0.05, 0.1) is 5.60 Å². The van der Waals surface area contributed by atoms with Crippen molar-refractivity contribution in [1.29, 1.82) is 0 Å². The van der Waals surface area contributed by atoms with E-state index in [4.69, 9.17) is 10.5 Å². The normalized spacial score (nSPS) is 23.6. The molecule has 0 bridgehead atoms. The molecule has 1 aliphatic heterocycles. The van der Waals surface area contributed by atoms with Crippen molar-refractivity contribution in [2.75, 3.05) is 32.5 Å². The minimum atomic E-state index is -0.0846. The second-order valence-electron chi connectivity index (χ2n) is 6.14. The Balaban J connectivity index is 2.61. The molecule has 1 fully saturated rings. The van der Waals surface area contributed by atoms with Gasteiger partial charge in [0.1, 0.15) is 0 Å². The summed E-state index contributed by atoms with van der Waals surface area (Å²) < 4.78 is 5.88. The van der Waals surface area contributed by atoms with E-state index in [-0.39, 0.29) is 5.60 Å². The van der Waals surface area contributed by atoms with Crippen LogP contribution in [0, 0.1) is 0 Å². The van der Waals surface area contributed by atoms with E-state index < -0.39 is 0 Å². The van der Waals surface area contributed by atoms with Crippen molar-refractivity contribution in [3.63, 3.8) is 0 Å². The first-order valence-corrected chi connectivity index (χ1v) is 7.41. The number of thioether (sulfide) groups is 1. The monoisotopic (exact) mass is 260 g/mol. The Labute approximate surface area is 110 Å². The maximum Gasteiger partial charge on any atom is 0.0638 e. The van der Waals surface area contributed by atoms with Gasteiger partial charge in [0.25, 0.3) is 0 Å². The lowest BCUT2D eigenvalue weighted by atomic mass is 9.96. The van der Waals surface area contributed by atoms with Crippen molar-refractivity contribution in [2.45, 2.75) is 50.5 Å². The van der Waals surface area contributed by atoms with E-state index in [1.165, 1.54) is 5.75 Å². The smallest absolute Gasteiger partial charge is 0.0638 e. The molecule has 1 aliphatic rings. The SMILES string of the molecule is COC(C)(C)CC(CN)N1CCSC(C)(C)C1. The fourth-order valence-electron chi connectivity index (χ4n) is 2.38. The molecular formula is C13H28N2OS. The fourth-order valence-corrected chi connectivity index (χ4v) is 3.51. The number of hydrogen-bond donors (Lipinski definition) is 1. The molecule has 17 heavy (non-hydrogen) atoms. The van der Waals surface area contributed by atoms with E-state index in [9.17, 15) is 0 Å². The van der Waals surface area contributed by atoms with Gasteiger partial charge in [-0.1, -0.05) is 0 Å². The van der Waals surface area contributed by atoms with Gasteiger partial charge < -0.3 is 10.5 Å². The number of nitrogens with zero attached hydrogens (tertiary/aromatic N) is 1. The third-order valence-corrected chi connectivity index (χ3v) is 4.82. The van der Waals surface area contributed by atoms with Crippen LogP contribution in [0.2, 0.25) is 0 Å². The van der Waals surface area contributed by atoms with Gasteiger partial charge in [-0.3, -0.25) is 4.90 Å². The zero-order valence-corrected chi connectivity index (χ0v) is 12.8. The third-order valence-electron chi connectivity index (χ3n) is 3.52. The van der Waals surface area contributed by atoms with Crippen molar-refractivity contribution in [3.8, 4) is 0 Å². The van der Waals surface area contributed by atoms with E-state index in [0.717, 1.165) is 19.5 Å². The summed E-state index contributed by atoms with van der Waals surface area (Å²) in [5, 5.41) is 0. The molecule has 1 rings (SSSR count). The molecule has 1 saturated heterocycles. The highest BCUT2D eigenvalue weighted by Crippen LogP contribution is 2.31. The molecular weight excluding hydrogens is 232 g/mol. The predicted octanol–water partition coefficient (Wildman–Crippen LogP) is 1.96. The fraction of sp³-hybridized carbons (Fsp3) is 1.00. The summed E-state index contributed by atoms with van der Waals surface area (Å²) in [6, 6.07) is 0.435. The van der Waals surface area contributed by atoms with E-state index in [2.05, 4.69) is 44.4 Å². The predicted molar refractivity (Wildman–Crippen MR) is 76.7 cm³/mol. The van der Waals surface area contributed by atoms with Crippen molar-refractivity contribution < 1.29 is 4.74 Å². The Bertz CT molecular complexity index is 244. The van der Waals surface area contributed by atoms with Crippen LogP contribution >= 0.6 is 11.8 Å². The Morgan fingerprint density at radius 3 is 2.59 bits per heavy atom. The Morgan fingerprint density at radius 1 is 1.47 bits per heavy atom. The molecule has 0 saturated carbocycles. The molecule has 102 valence electrons. The molecule has 1 heterocycles. The summed E-state index contributed by atoms with van der Waals surface area (Å²) in [7, 11) is 1.78. The molecule has 0 aliphatic carbocycles. The van der Waals surface area contributed by atoms with Crippen LogP contribution in [0.3, 0.4) is 0 Å². The zero-order valence-electron chi connectivity index (χ0n) is 12.0. The first kappa shape index (κ1) is 15.3. The van der Waals surface area contributed by atoms with Crippen LogP contribution in [0.15, 0.2) is 0 Å². The van der Waals surface area contributed by atoms with E-state index >= 15 is 0 Å². The van der Waals surface area contributed by atoms with Crippen LogP contribution in [0.4, 0.5) is 0 Å². The van der Waals surface area contributed by atoms with Gasteiger partial charge in [-0.2, -0.15) is 11.8 Å². The van der Waals surface area contributed by atoms with Gasteiger partial charge in [-0.05, 0) is 34.1 Å². The standard InChI is InChI=1S/C13H28N2OS/c1-12(2,16-5)8-11(9-14)15-6-7-17-13(3,4)10-15/h11H,6-10,14H2,1-5H3. The summed E-state index contributed by atoms with van der Waals surface area (Å²) in [5.41, 5.74) is 5.87. The molecule has 0 spiro atoms. The maximum atomic E-state index is 5.95. The molecule has 2 N–H and O–H groups in total. The van der Waals surface area contributed by atoms with Crippen LogP contribution in [-0.2, 0) is 4.74 Å². The number of ether oxygens (including phenoxy) is 1. The highest BCUT2D eigenvalue weighted by Gasteiger charge is 2.33. The largest absolute Gasteiger partial charge is 0.379 e. The minimum absolute atomic E-state index is 0.0846. The summed E-state index contributed by atoms with van der Waals surface area (Å²) in [6.45, 7) is 11.9. The van der Waals surface area contributed by atoms with Gasteiger partial charge in [-0.25, -0.2) is 0 Å². The van der Waals surface area contributed by atoms with Gasteiger partial charge in [0.2, 0.25) is 0 Å². The highest BCUT2D eigenvalue weighted by atomic mass is 32.2. The van der Waals surface area contributed by atoms with Crippen LogP contribution in [0.5, 0.6) is 0 Å². The van der Waals surface area contributed by atoms with Crippen molar-refractivity contribution >= 4 is 11.8 Å². The first-order valence-electron chi connectivity index (χ1n) is 6.43. The molecule has 0 aromatic rings. The topological polar surface area (TPSA) is 38.5 Å². The Hall–Kier alpha value is 0.230.